The SMILES string of the molecule is CCOC(=O)C(CC(C)C)(CC1CCCCC1)C(CC)C(=O)O. The Bertz CT molecular complexity index is 385. The molecule has 0 aromatic heterocycles. The molecule has 2 unspecified atom stereocenters. The average molecular weight is 326 g/mol. The van der Waals surface area contributed by atoms with Crippen LogP contribution in [0.5, 0.6) is 0 Å². The van der Waals surface area contributed by atoms with Crippen LogP contribution in [-0.4, -0.2) is 23.7 Å². The van der Waals surface area contributed by atoms with E-state index < -0.39 is 17.3 Å². The average Bonchev–Trinajstić information content (AvgIpc) is 2.47. The van der Waals surface area contributed by atoms with Crippen LogP contribution in [0.2, 0.25) is 0 Å². The number of carbonyl (C=O) groups excluding carboxylic acids is 1. The van der Waals surface area contributed by atoms with Gasteiger partial charge in [0.1, 0.15) is 0 Å². The lowest BCUT2D eigenvalue weighted by molar-refractivity contribution is -0.171. The zero-order valence-electron chi connectivity index (χ0n) is 15.3. The smallest absolute Gasteiger partial charge is 0.312 e. The van der Waals surface area contributed by atoms with E-state index in [0.717, 1.165) is 12.8 Å². The second kappa shape index (κ2) is 9.29. The number of carbonyl (C=O) groups is 2. The predicted octanol–water partition coefficient (Wildman–Crippen LogP) is 4.66. The third-order valence-electron chi connectivity index (χ3n) is 5.21. The maximum atomic E-state index is 12.9. The summed E-state index contributed by atoms with van der Waals surface area (Å²) in [5, 5.41) is 9.76. The number of ether oxygens (including phenoxy) is 1. The molecule has 1 aliphatic rings. The third-order valence-corrected chi connectivity index (χ3v) is 5.21. The van der Waals surface area contributed by atoms with E-state index in [1.54, 1.807) is 6.92 Å². The summed E-state index contributed by atoms with van der Waals surface area (Å²) in [5.74, 6) is -1.12. The van der Waals surface area contributed by atoms with Crippen LogP contribution in [0.4, 0.5) is 0 Å². The van der Waals surface area contributed by atoms with Crippen molar-refractivity contribution in [2.75, 3.05) is 6.61 Å². The van der Waals surface area contributed by atoms with E-state index in [1.807, 2.05) is 6.92 Å². The van der Waals surface area contributed by atoms with Gasteiger partial charge in [0.25, 0.3) is 0 Å². The second-order valence-corrected chi connectivity index (χ2v) is 7.48. The zero-order chi connectivity index (χ0) is 17.5. The molecule has 0 aliphatic heterocycles. The molecule has 134 valence electrons. The Balaban J connectivity index is 3.19. The molecule has 23 heavy (non-hydrogen) atoms. The Morgan fingerprint density at radius 2 is 1.78 bits per heavy atom. The van der Waals surface area contributed by atoms with Crippen molar-refractivity contribution < 1.29 is 19.4 Å². The van der Waals surface area contributed by atoms with Crippen molar-refractivity contribution in [3.8, 4) is 0 Å². The van der Waals surface area contributed by atoms with Crippen LogP contribution in [0.25, 0.3) is 0 Å². The van der Waals surface area contributed by atoms with Gasteiger partial charge in [0.2, 0.25) is 0 Å². The first-order valence-electron chi connectivity index (χ1n) is 9.27. The monoisotopic (exact) mass is 326 g/mol. The van der Waals surface area contributed by atoms with Gasteiger partial charge in [0, 0.05) is 0 Å². The fourth-order valence-electron chi connectivity index (χ4n) is 4.39. The summed E-state index contributed by atoms with van der Waals surface area (Å²) in [4.78, 5) is 24.8. The maximum absolute atomic E-state index is 12.9. The molecule has 0 bridgehead atoms. The van der Waals surface area contributed by atoms with E-state index in [-0.39, 0.29) is 11.9 Å². The highest BCUT2D eigenvalue weighted by Gasteiger charge is 2.50. The Labute approximate surface area is 141 Å². The van der Waals surface area contributed by atoms with E-state index in [4.69, 9.17) is 4.74 Å². The fourth-order valence-corrected chi connectivity index (χ4v) is 4.39. The summed E-state index contributed by atoms with van der Waals surface area (Å²) in [6, 6.07) is 0. The number of rotatable bonds is 9. The molecule has 1 aliphatic carbocycles. The number of carboxylic acid groups (broad SMARTS) is 1. The van der Waals surface area contributed by atoms with E-state index in [9.17, 15) is 14.7 Å². The largest absolute Gasteiger partial charge is 0.481 e. The zero-order valence-corrected chi connectivity index (χ0v) is 15.3. The van der Waals surface area contributed by atoms with Gasteiger partial charge in [-0.25, -0.2) is 0 Å². The minimum atomic E-state index is -0.882. The molecule has 1 rings (SSSR count). The van der Waals surface area contributed by atoms with Gasteiger partial charge in [0.15, 0.2) is 0 Å². The molecule has 2 atom stereocenters. The Hall–Kier alpha value is -1.06. The van der Waals surface area contributed by atoms with Gasteiger partial charge in [-0.2, -0.15) is 0 Å². The van der Waals surface area contributed by atoms with Crippen LogP contribution >= 0.6 is 0 Å². The number of carboxylic acids is 1. The van der Waals surface area contributed by atoms with Gasteiger partial charge in [-0.15, -0.1) is 0 Å². The van der Waals surface area contributed by atoms with Crippen molar-refractivity contribution in [2.24, 2.45) is 23.2 Å². The second-order valence-electron chi connectivity index (χ2n) is 7.48. The number of hydrogen-bond acceptors (Lipinski definition) is 3. The summed E-state index contributed by atoms with van der Waals surface area (Å²) in [6.07, 6.45) is 7.56. The van der Waals surface area contributed by atoms with Gasteiger partial charge in [-0.1, -0.05) is 52.9 Å². The molecule has 0 heterocycles. The highest BCUT2D eigenvalue weighted by atomic mass is 16.5. The summed E-state index contributed by atoms with van der Waals surface area (Å²) in [6.45, 7) is 8.08. The lowest BCUT2D eigenvalue weighted by atomic mass is 9.63. The van der Waals surface area contributed by atoms with Crippen molar-refractivity contribution in [1.82, 2.24) is 0 Å². The van der Waals surface area contributed by atoms with Crippen molar-refractivity contribution >= 4 is 11.9 Å². The first-order valence-corrected chi connectivity index (χ1v) is 9.27. The van der Waals surface area contributed by atoms with E-state index in [0.29, 0.717) is 31.8 Å². The minimum Gasteiger partial charge on any atom is -0.481 e. The van der Waals surface area contributed by atoms with Gasteiger partial charge < -0.3 is 9.84 Å². The van der Waals surface area contributed by atoms with Crippen molar-refractivity contribution in [2.45, 2.75) is 79.1 Å². The number of aliphatic carboxylic acids is 1. The first-order chi connectivity index (χ1) is 10.9. The van der Waals surface area contributed by atoms with Crippen LogP contribution < -0.4 is 0 Å². The van der Waals surface area contributed by atoms with Crippen LogP contribution in [0, 0.1) is 23.2 Å². The number of esters is 1. The van der Waals surface area contributed by atoms with Gasteiger partial charge in [0.05, 0.1) is 17.9 Å². The molecular weight excluding hydrogens is 292 g/mol. The van der Waals surface area contributed by atoms with Crippen molar-refractivity contribution in [1.29, 1.82) is 0 Å². The fraction of sp³-hybridized carbons (Fsp3) is 0.895. The van der Waals surface area contributed by atoms with Crippen molar-refractivity contribution in [3.05, 3.63) is 0 Å². The Morgan fingerprint density at radius 1 is 1.17 bits per heavy atom. The molecule has 0 aromatic rings. The van der Waals surface area contributed by atoms with Crippen LogP contribution in [0.1, 0.15) is 79.1 Å². The number of hydrogen-bond donors (Lipinski definition) is 1. The topological polar surface area (TPSA) is 63.6 Å². The minimum absolute atomic E-state index is 0.261. The van der Waals surface area contributed by atoms with Crippen molar-refractivity contribution in [3.63, 3.8) is 0 Å². The van der Waals surface area contributed by atoms with Gasteiger partial charge >= 0.3 is 11.9 Å². The predicted molar refractivity (Wildman–Crippen MR) is 91.1 cm³/mol. The van der Waals surface area contributed by atoms with Crippen LogP contribution in [0.15, 0.2) is 0 Å². The van der Waals surface area contributed by atoms with Crippen LogP contribution in [0.3, 0.4) is 0 Å². The summed E-state index contributed by atoms with van der Waals surface area (Å²) in [7, 11) is 0. The molecular formula is C19H34O4. The summed E-state index contributed by atoms with van der Waals surface area (Å²) in [5.41, 5.74) is -0.882. The summed E-state index contributed by atoms with van der Waals surface area (Å²) < 4.78 is 5.38. The normalized spacial score (nSPS) is 20.0. The van der Waals surface area contributed by atoms with Gasteiger partial charge in [-0.05, 0) is 38.0 Å². The lowest BCUT2D eigenvalue weighted by Gasteiger charge is -2.40. The molecule has 4 heteroatoms. The van der Waals surface area contributed by atoms with Crippen LogP contribution in [-0.2, 0) is 14.3 Å². The highest BCUT2D eigenvalue weighted by Crippen LogP contribution is 2.46. The molecule has 1 fully saturated rings. The van der Waals surface area contributed by atoms with E-state index >= 15 is 0 Å². The lowest BCUT2D eigenvalue weighted by Crippen LogP contribution is -2.46. The molecule has 0 spiro atoms. The third kappa shape index (κ3) is 5.22. The quantitative estimate of drug-likeness (QED) is 0.626. The molecule has 0 radical (unpaired) electrons. The Morgan fingerprint density at radius 3 is 2.22 bits per heavy atom. The molecule has 0 aromatic carbocycles. The molecule has 0 saturated heterocycles. The van der Waals surface area contributed by atoms with E-state index in [1.165, 1.54) is 19.3 Å². The van der Waals surface area contributed by atoms with Gasteiger partial charge in [-0.3, -0.25) is 9.59 Å². The molecule has 1 saturated carbocycles. The Kier molecular flexibility index (Phi) is 8.07. The standard InChI is InChI=1S/C19H34O4/c1-5-16(17(20)21)19(12-14(3)4,18(22)23-6-2)13-15-10-8-7-9-11-15/h14-16H,5-13H2,1-4H3,(H,20,21). The summed E-state index contributed by atoms with van der Waals surface area (Å²) >= 11 is 0. The molecule has 0 amide bonds. The molecule has 4 nitrogen and oxygen atoms in total. The molecule has 1 N–H and O–H groups in total. The maximum Gasteiger partial charge on any atom is 0.312 e. The highest BCUT2D eigenvalue weighted by molar-refractivity contribution is 5.84. The van der Waals surface area contributed by atoms with E-state index in [2.05, 4.69) is 13.8 Å². The first kappa shape index (κ1) is 20.0.